The number of aromatic nitrogens is 2. The maximum absolute atomic E-state index is 14.6. The van der Waals surface area contributed by atoms with Crippen molar-refractivity contribution < 1.29 is 30.4 Å². The lowest BCUT2D eigenvalue weighted by molar-refractivity contribution is 0.439. The van der Waals surface area contributed by atoms with Gasteiger partial charge in [-0.25, -0.2) is 34.6 Å². The van der Waals surface area contributed by atoms with Crippen molar-refractivity contribution in [3.05, 3.63) is 101 Å². The van der Waals surface area contributed by atoms with E-state index in [0.29, 0.717) is 45.1 Å². The second-order valence-corrected chi connectivity index (χ2v) is 13.9. The van der Waals surface area contributed by atoms with Gasteiger partial charge in [0.05, 0.1) is 10.6 Å². The highest BCUT2D eigenvalue weighted by Gasteiger charge is 2.28. The molecule has 8 nitrogen and oxygen atoms in total. The average Bonchev–Trinajstić information content (AvgIpc) is 3.20. The van der Waals surface area contributed by atoms with Crippen molar-refractivity contribution in [2.24, 2.45) is 0 Å². The normalized spacial score (nSPS) is 12.1. The molecule has 0 aliphatic carbocycles. The molecule has 0 aliphatic heterocycles. The minimum atomic E-state index is -4.08. The predicted octanol–water partition coefficient (Wildman–Crippen LogP) is 7.01. The topological polar surface area (TPSA) is 107 Å². The molecule has 12 heteroatoms. The summed E-state index contributed by atoms with van der Waals surface area (Å²) in [6, 6.07) is 15.7. The lowest BCUT2D eigenvalue weighted by Gasteiger charge is -2.16. The number of halogens is 2. The molecule has 0 saturated carbocycles. The fourth-order valence-corrected chi connectivity index (χ4v) is 7.35. The van der Waals surface area contributed by atoms with Crippen molar-refractivity contribution in [1.82, 2.24) is 8.96 Å². The van der Waals surface area contributed by atoms with Gasteiger partial charge < -0.3 is 4.74 Å². The average molecular weight is 626 g/mol. The zero-order valence-electron chi connectivity index (χ0n) is 24.1. The number of pyridine rings is 1. The third-order valence-corrected chi connectivity index (χ3v) is 10.4. The Kier molecular flexibility index (Phi) is 7.78. The highest BCUT2D eigenvalue weighted by Crippen LogP contribution is 2.42. The Bertz CT molecular complexity index is 2130. The summed E-state index contributed by atoms with van der Waals surface area (Å²) in [6.45, 7) is 8.37. The number of anilines is 1. The first kappa shape index (κ1) is 30.2. The van der Waals surface area contributed by atoms with Gasteiger partial charge in [0.15, 0.2) is 17.2 Å². The van der Waals surface area contributed by atoms with Crippen LogP contribution in [0.15, 0.2) is 71.6 Å². The summed E-state index contributed by atoms with van der Waals surface area (Å²) in [5.41, 5.74) is 3.31. The van der Waals surface area contributed by atoms with Crippen LogP contribution in [0.1, 0.15) is 29.4 Å². The van der Waals surface area contributed by atoms with Gasteiger partial charge in [-0.2, -0.15) is 0 Å². The molecular weight excluding hydrogens is 596 g/mol. The van der Waals surface area contributed by atoms with Gasteiger partial charge in [0.1, 0.15) is 11.6 Å². The summed E-state index contributed by atoms with van der Waals surface area (Å²) >= 11 is 0. The first-order valence-electron chi connectivity index (χ1n) is 13.3. The molecule has 0 unspecified atom stereocenters. The number of sulfonamides is 1. The maximum Gasteiger partial charge on any atom is 0.269 e. The fourth-order valence-electron chi connectivity index (χ4n) is 4.94. The van der Waals surface area contributed by atoms with E-state index in [1.807, 2.05) is 0 Å². The molecule has 0 atom stereocenters. The van der Waals surface area contributed by atoms with Crippen LogP contribution in [0.3, 0.4) is 0 Å². The van der Waals surface area contributed by atoms with Gasteiger partial charge in [-0.15, -0.1) is 0 Å². The largest absolute Gasteiger partial charge is 0.454 e. The van der Waals surface area contributed by atoms with Crippen molar-refractivity contribution in [3.8, 4) is 22.6 Å². The second-order valence-electron chi connectivity index (χ2n) is 10.1. The highest BCUT2D eigenvalue weighted by molar-refractivity contribution is 7.92. The van der Waals surface area contributed by atoms with E-state index in [2.05, 4.69) is 9.71 Å². The Morgan fingerprint density at radius 3 is 2.23 bits per heavy atom. The van der Waals surface area contributed by atoms with Gasteiger partial charge in [-0.1, -0.05) is 18.2 Å². The summed E-state index contributed by atoms with van der Waals surface area (Å²) in [6.07, 6.45) is 0. The minimum absolute atomic E-state index is 0.128. The van der Waals surface area contributed by atoms with Crippen molar-refractivity contribution in [2.45, 2.75) is 39.5 Å². The number of rotatable bonds is 8. The van der Waals surface area contributed by atoms with Crippen LogP contribution in [-0.4, -0.2) is 31.5 Å². The number of benzene rings is 3. The zero-order valence-corrected chi connectivity index (χ0v) is 25.7. The molecule has 0 saturated heterocycles. The SMILES string of the molecule is CCS(=O)(=O)Nc1ccc(Oc2ccc(F)cc2F)c(-c2cc(C)nc3c2c(C)c(C)n3S(=O)(=O)c2ccccc2C)c1. The Morgan fingerprint density at radius 1 is 0.860 bits per heavy atom. The predicted molar refractivity (Wildman–Crippen MR) is 163 cm³/mol. The van der Waals surface area contributed by atoms with Gasteiger partial charge in [0.2, 0.25) is 10.0 Å². The van der Waals surface area contributed by atoms with Gasteiger partial charge in [-0.05, 0) is 93.8 Å². The van der Waals surface area contributed by atoms with Gasteiger partial charge in [-0.3, -0.25) is 4.72 Å². The number of fused-ring (bicyclic) bond motifs is 1. The van der Waals surface area contributed by atoms with Gasteiger partial charge in [0.25, 0.3) is 10.0 Å². The summed E-state index contributed by atoms with van der Waals surface area (Å²) in [7, 11) is -7.74. The summed E-state index contributed by atoms with van der Waals surface area (Å²) < 4.78 is 90.7. The van der Waals surface area contributed by atoms with Crippen LogP contribution in [0.5, 0.6) is 11.5 Å². The van der Waals surface area contributed by atoms with E-state index in [0.717, 1.165) is 12.1 Å². The van der Waals surface area contributed by atoms with E-state index < -0.39 is 31.7 Å². The lowest BCUT2D eigenvalue weighted by atomic mass is 9.98. The minimum Gasteiger partial charge on any atom is -0.454 e. The standard InChI is InChI=1S/C31H29F2N3O5S2/c1-6-42(37,38)35-23-12-14-27(41-28-13-11-22(32)16-26(28)33)24(17-23)25-15-19(3)34-31-30(25)20(4)21(5)36(31)43(39,40)29-10-8-7-9-18(29)2/h7-17,35H,6H2,1-5H3. The van der Waals surface area contributed by atoms with Crippen molar-refractivity contribution in [2.75, 3.05) is 10.5 Å². The van der Waals surface area contributed by atoms with Crippen LogP contribution < -0.4 is 9.46 Å². The molecule has 0 radical (unpaired) electrons. The molecule has 5 rings (SSSR count). The van der Waals surface area contributed by atoms with Crippen LogP contribution in [-0.2, 0) is 20.0 Å². The van der Waals surface area contributed by atoms with E-state index >= 15 is 0 Å². The van der Waals surface area contributed by atoms with Crippen LogP contribution in [0, 0.1) is 39.3 Å². The van der Waals surface area contributed by atoms with Gasteiger partial charge >= 0.3 is 0 Å². The van der Waals surface area contributed by atoms with Gasteiger partial charge in [0, 0.05) is 34.1 Å². The molecule has 0 fully saturated rings. The van der Waals surface area contributed by atoms with E-state index in [-0.39, 0.29) is 33.5 Å². The van der Waals surface area contributed by atoms with Crippen molar-refractivity contribution in [1.29, 1.82) is 0 Å². The first-order valence-corrected chi connectivity index (χ1v) is 16.4. The quantitative estimate of drug-likeness (QED) is 0.199. The Labute approximate surface area is 249 Å². The van der Waals surface area contributed by atoms with Crippen LogP contribution in [0.4, 0.5) is 14.5 Å². The Morgan fingerprint density at radius 2 is 1.56 bits per heavy atom. The lowest BCUT2D eigenvalue weighted by Crippen LogP contribution is -2.16. The van der Waals surface area contributed by atoms with Crippen LogP contribution >= 0.6 is 0 Å². The third kappa shape index (κ3) is 5.59. The number of aryl methyl sites for hydroxylation is 3. The van der Waals surface area contributed by atoms with Crippen LogP contribution in [0.25, 0.3) is 22.2 Å². The first-order chi connectivity index (χ1) is 20.2. The number of nitrogens with zero attached hydrogens (tertiary/aromatic N) is 2. The number of hydrogen-bond donors (Lipinski definition) is 1. The molecule has 2 heterocycles. The van der Waals surface area contributed by atoms with Crippen molar-refractivity contribution >= 4 is 36.8 Å². The van der Waals surface area contributed by atoms with E-state index in [4.69, 9.17) is 4.74 Å². The number of hydrogen-bond acceptors (Lipinski definition) is 6. The summed E-state index contributed by atoms with van der Waals surface area (Å²) in [5, 5.41) is 0.486. The molecule has 1 N–H and O–H groups in total. The number of ether oxygens (including phenoxy) is 1. The molecule has 0 bridgehead atoms. The van der Waals surface area contributed by atoms with Crippen molar-refractivity contribution in [3.63, 3.8) is 0 Å². The summed E-state index contributed by atoms with van der Waals surface area (Å²) in [4.78, 5) is 4.76. The van der Waals surface area contributed by atoms with Crippen LogP contribution in [0.2, 0.25) is 0 Å². The summed E-state index contributed by atoms with van der Waals surface area (Å²) in [5.74, 6) is -2.00. The monoisotopic (exact) mass is 625 g/mol. The molecule has 0 spiro atoms. The number of nitrogens with one attached hydrogen (secondary N) is 1. The van der Waals surface area contributed by atoms with E-state index in [1.54, 1.807) is 52.0 Å². The molecule has 2 aromatic heterocycles. The molecule has 224 valence electrons. The molecule has 43 heavy (non-hydrogen) atoms. The maximum atomic E-state index is 14.6. The second kappa shape index (κ2) is 11.1. The third-order valence-electron chi connectivity index (χ3n) is 7.19. The zero-order chi connectivity index (χ0) is 31.3. The molecule has 3 aromatic carbocycles. The van der Waals surface area contributed by atoms with E-state index in [1.165, 1.54) is 35.2 Å². The molecule has 0 amide bonds. The van der Waals surface area contributed by atoms with E-state index in [9.17, 15) is 25.6 Å². The molecule has 0 aliphatic rings. The smallest absolute Gasteiger partial charge is 0.269 e. The Hall–Kier alpha value is -4.29. The highest BCUT2D eigenvalue weighted by atomic mass is 32.2. The molecular formula is C31H29F2N3O5S2. The fraction of sp³-hybridized carbons (Fsp3) is 0.194. The molecule has 5 aromatic rings. The Balaban J connectivity index is 1.81.